The molecule has 1 aromatic heterocycles. The molecule has 0 spiro atoms. The van der Waals surface area contributed by atoms with Crippen molar-refractivity contribution in [2.75, 3.05) is 13.2 Å². The van der Waals surface area contributed by atoms with Crippen LogP contribution in [0, 0.1) is 0 Å². The highest BCUT2D eigenvalue weighted by molar-refractivity contribution is 5.20. The lowest BCUT2D eigenvalue weighted by atomic mass is 10.2. The van der Waals surface area contributed by atoms with Crippen molar-refractivity contribution in [3.05, 3.63) is 36.0 Å². The van der Waals surface area contributed by atoms with E-state index in [0.29, 0.717) is 12.5 Å². The van der Waals surface area contributed by atoms with Gasteiger partial charge >= 0.3 is 0 Å². The van der Waals surface area contributed by atoms with Gasteiger partial charge in [-0.3, -0.25) is 0 Å². The molecule has 1 heterocycles. The molecule has 17 heavy (non-hydrogen) atoms. The molecule has 1 aromatic rings. The van der Waals surface area contributed by atoms with E-state index in [1.165, 1.54) is 5.56 Å². The molecule has 1 rings (SSSR count). The van der Waals surface area contributed by atoms with Crippen LogP contribution >= 0.6 is 0 Å². The lowest BCUT2D eigenvalue weighted by Crippen LogP contribution is -2.13. The number of ether oxygens (including phenoxy) is 1. The van der Waals surface area contributed by atoms with E-state index in [1.807, 2.05) is 19.1 Å². The van der Waals surface area contributed by atoms with Crippen molar-refractivity contribution in [3.8, 4) is 5.88 Å². The number of pyridine rings is 1. The molecule has 0 unspecified atom stereocenters. The smallest absolute Gasteiger partial charge is 0.213 e. The van der Waals surface area contributed by atoms with Crippen LogP contribution in [0.2, 0.25) is 0 Å². The zero-order valence-corrected chi connectivity index (χ0v) is 10.8. The van der Waals surface area contributed by atoms with Gasteiger partial charge in [0.2, 0.25) is 5.88 Å². The van der Waals surface area contributed by atoms with Gasteiger partial charge in [-0.15, -0.1) is 6.58 Å². The zero-order valence-electron chi connectivity index (χ0n) is 10.8. The van der Waals surface area contributed by atoms with Gasteiger partial charge < -0.3 is 10.1 Å². The Labute approximate surface area is 104 Å². The zero-order chi connectivity index (χ0) is 12.5. The highest BCUT2D eigenvalue weighted by Crippen LogP contribution is 2.10. The minimum absolute atomic E-state index is 0.647. The Balaban J connectivity index is 2.39. The van der Waals surface area contributed by atoms with Crippen molar-refractivity contribution in [2.24, 2.45) is 0 Å². The summed E-state index contributed by atoms with van der Waals surface area (Å²) >= 11 is 0. The van der Waals surface area contributed by atoms with Crippen LogP contribution in [-0.2, 0) is 6.54 Å². The lowest BCUT2D eigenvalue weighted by Gasteiger charge is -2.07. The fourth-order valence-corrected chi connectivity index (χ4v) is 1.38. The Morgan fingerprint density at radius 2 is 2.35 bits per heavy atom. The predicted octanol–water partition coefficient (Wildman–Crippen LogP) is 2.93. The van der Waals surface area contributed by atoms with Gasteiger partial charge in [0.15, 0.2) is 0 Å². The first kappa shape index (κ1) is 13.7. The van der Waals surface area contributed by atoms with E-state index < -0.39 is 0 Å². The first-order chi connectivity index (χ1) is 8.22. The first-order valence-electron chi connectivity index (χ1n) is 6.15. The molecule has 94 valence electrons. The summed E-state index contributed by atoms with van der Waals surface area (Å²) in [5, 5.41) is 3.36. The van der Waals surface area contributed by atoms with Crippen molar-refractivity contribution >= 4 is 0 Å². The van der Waals surface area contributed by atoms with Crippen LogP contribution in [0.4, 0.5) is 0 Å². The third kappa shape index (κ3) is 6.07. The molecule has 0 saturated carbocycles. The minimum Gasteiger partial charge on any atom is -0.477 e. The van der Waals surface area contributed by atoms with Gasteiger partial charge in [0, 0.05) is 25.2 Å². The van der Waals surface area contributed by atoms with Crippen molar-refractivity contribution in [1.29, 1.82) is 0 Å². The monoisotopic (exact) mass is 234 g/mol. The largest absolute Gasteiger partial charge is 0.477 e. The van der Waals surface area contributed by atoms with E-state index >= 15 is 0 Å². The summed E-state index contributed by atoms with van der Waals surface area (Å²) in [6.07, 6.45) is 3.81. The van der Waals surface area contributed by atoms with Gasteiger partial charge in [0.1, 0.15) is 0 Å². The summed E-state index contributed by atoms with van der Waals surface area (Å²) in [5.74, 6) is 0.696. The number of nitrogens with zero attached hydrogens (tertiary/aromatic N) is 1. The molecule has 0 saturated heterocycles. The molecule has 0 radical (unpaired) electrons. The van der Waals surface area contributed by atoms with E-state index in [2.05, 4.69) is 23.8 Å². The SMILES string of the molecule is C=C(C)CCOc1cc(CNCCC)ccn1. The van der Waals surface area contributed by atoms with Crippen LogP contribution in [0.1, 0.15) is 32.3 Å². The predicted molar refractivity (Wildman–Crippen MR) is 71.2 cm³/mol. The molecule has 1 N–H and O–H groups in total. The molecule has 0 atom stereocenters. The van der Waals surface area contributed by atoms with Crippen LogP contribution in [0.3, 0.4) is 0 Å². The summed E-state index contributed by atoms with van der Waals surface area (Å²) in [5.41, 5.74) is 2.34. The summed E-state index contributed by atoms with van der Waals surface area (Å²) in [4.78, 5) is 4.18. The summed E-state index contributed by atoms with van der Waals surface area (Å²) in [6.45, 7) is 10.6. The maximum atomic E-state index is 5.56. The molecule has 0 aliphatic rings. The maximum Gasteiger partial charge on any atom is 0.213 e. The van der Waals surface area contributed by atoms with Crippen molar-refractivity contribution < 1.29 is 4.74 Å². The molecular weight excluding hydrogens is 212 g/mol. The van der Waals surface area contributed by atoms with Gasteiger partial charge in [-0.25, -0.2) is 4.98 Å². The third-order valence-corrected chi connectivity index (χ3v) is 2.33. The highest BCUT2D eigenvalue weighted by atomic mass is 16.5. The van der Waals surface area contributed by atoms with Gasteiger partial charge in [-0.05, 0) is 31.5 Å². The second kappa shape index (κ2) is 7.85. The van der Waals surface area contributed by atoms with Crippen molar-refractivity contribution in [3.63, 3.8) is 0 Å². The lowest BCUT2D eigenvalue weighted by molar-refractivity contribution is 0.309. The number of aromatic nitrogens is 1. The van der Waals surface area contributed by atoms with Crippen LogP contribution in [-0.4, -0.2) is 18.1 Å². The summed E-state index contributed by atoms with van der Waals surface area (Å²) in [7, 11) is 0. The summed E-state index contributed by atoms with van der Waals surface area (Å²) < 4.78 is 5.56. The topological polar surface area (TPSA) is 34.1 Å². The quantitative estimate of drug-likeness (QED) is 0.554. The molecule has 0 fully saturated rings. The summed E-state index contributed by atoms with van der Waals surface area (Å²) in [6, 6.07) is 4.00. The second-order valence-electron chi connectivity index (χ2n) is 4.23. The number of hydrogen-bond acceptors (Lipinski definition) is 3. The maximum absolute atomic E-state index is 5.56. The van der Waals surface area contributed by atoms with Crippen molar-refractivity contribution in [1.82, 2.24) is 10.3 Å². The normalized spacial score (nSPS) is 10.2. The third-order valence-electron chi connectivity index (χ3n) is 2.33. The first-order valence-corrected chi connectivity index (χ1v) is 6.15. The Kier molecular flexibility index (Phi) is 6.33. The molecule has 0 aliphatic carbocycles. The Morgan fingerprint density at radius 3 is 3.06 bits per heavy atom. The Bertz CT molecular complexity index is 350. The van der Waals surface area contributed by atoms with Gasteiger partial charge in [-0.2, -0.15) is 0 Å². The van der Waals surface area contributed by atoms with E-state index in [1.54, 1.807) is 6.20 Å². The van der Waals surface area contributed by atoms with Crippen molar-refractivity contribution in [2.45, 2.75) is 33.2 Å². The van der Waals surface area contributed by atoms with Gasteiger partial charge in [0.05, 0.1) is 6.61 Å². The second-order valence-corrected chi connectivity index (χ2v) is 4.23. The van der Waals surface area contributed by atoms with Gasteiger partial charge in [0.25, 0.3) is 0 Å². The fourth-order valence-electron chi connectivity index (χ4n) is 1.38. The molecular formula is C14H22N2O. The Morgan fingerprint density at radius 1 is 1.53 bits per heavy atom. The van der Waals surface area contributed by atoms with Gasteiger partial charge in [-0.1, -0.05) is 12.5 Å². The Hall–Kier alpha value is -1.35. The van der Waals surface area contributed by atoms with E-state index in [0.717, 1.165) is 31.5 Å². The number of nitrogens with one attached hydrogen (secondary N) is 1. The molecule has 0 aliphatic heterocycles. The van der Waals surface area contributed by atoms with E-state index in [9.17, 15) is 0 Å². The van der Waals surface area contributed by atoms with Crippen LogP contribution < -0.4 is 10.1 Å². The number of rotatable bonds is 8. The highest BCUT2D eigenvalue weighted by Gasteiger charge is 1.98. The van der Waals surface area contributed by atoms with E-state index in [-0.39, 0.29) is 0 Å². The van der Waals surface area contributed by atoms with Crippen LogP contribution in [0.25, 0.3) is 0 Å². The number of hydrogen-bond donors (Lipinski definition) is 1. The standard InChI is InChI=1S/C14H22N2O/c1-4-7-15-11-13-5-8-16-14(10-13)17-9-6-12(2)3/h5,8,10,15H,2,4,6-7,9,11H2,1,3H3. The average Bonchev–Trinajstić information content (AvgIpc) is 2.29. The minimum atomic E-state index is 0.647. The molecule has 0 bridgehead atoms. The molecule has 3 heteroatoms. The molecule has 0 aromatic carbocycles. The van der Waals surface area contributed by atoms with E-state index in [4.69, 9.17) is 4.74 Å². The molecule has 0 amide bonds. The van der Waals surface area contributed by atoms with Crippen LogP contribution in [0.5, 0.6) is 5.88 Å². The molecule has 3 nitrogen and oxygen atoms in total. The van der Waals surface area contributed by atoms with Crippen LogP contribution in [0.15, 0.2) is 30.5 Å². The fraction of sp³-hybridized carbons (Fsp3) is 0.500. The average molecular weight is 234 g/mol.